The minimum Gasteiger partial charge on any atom is -0.370 e. The number of carbonyl (C=O) groups excluding carboxylic acids is 2. The van der Waals surface area contributed by atoms with Gasteiger partial charge in [-0.3, -0.25) is 9.59 Å². The monoisotopic (exact) mass is 554 g/mol. The van der Waals surface area contributed by atoms with Gasteiger partial charge in [0.15, 0.2) is 5.96 Å². The molecule has 0 fully saturated rings. The van der Waals surface area contributed by atoms with Crippen molar-refractivity contribution in [1.82, 2.24) is 4.98 Å². The molecule has 1 heterocycles. The molecule has 0 bridgehead atoms. The molecule has 180 valence electrons. The van der Waals surface area contributed by atoms with Crippen molar-refractivity contribution in [3.05, 3.63) is 11.1 Å². The highest BCUT2D eigenvalue weighted by atomic mass is 35.5. The van der Waals surface area contributed by atoms with Crippen molar-refractivity contribution in [2.45, 2.75) is 57.8 Å². The Morgan fingerprint density at radius 3 is 1.94 bits per heavy atom. The predicted molar refractivity (Wildman–Crippen MR) is 137 cm³/mol. The number of ketones is 1. The minimum absolute atomic E-state index is 0.0478. The van der Waals surface area contributed by atoms with Crippen molar-refractivity contribution >= 4 is 91.5 Å². The number of Topliss-reactive ketones (excluding diaryl/α,β-unsaturated/α-hetero) is 1. The number of guanidine groups is 1. The normalized spacial score (nSPS) is 9.71. The number of nitrogens with two attached hydrogens (primary N) is 2. The average Bonchev–Trinajstić information content (AvgIpc) is 3.15. The van der Waals surface area contributed by atoms with E-state index in [1.54, 1.807) is 0 Å². The van der Waals surface area contributed by atoms with Gasteiger partial charge in [-0.1, -0.05) is 0 Å². The van der Waals surface area contributed by atoms with E-state index in [0.29, 0.717) is 35.6 Å². The molecule has 1 aromatic heterocycles. The van der Waals surface area contributed by atoms with Gasteiger partial charge in [-0.05, 0) is 56.5 Å². The van der Waals surface area contributed by atoms with Crippen molar-refractivity contribution in [2.24, 2.45) is 16.5 Å². The van der Waals surface area contributed by atoms with Crippen LogP contribution in [-0.2, 0) is 16.0 Å². The van der Waals surface area contributed by atoms with Crippen LogP contribution in [0.1, 0.15) is 57.1 Å². The Hall–Kier alpha value is -0.310. The predicted octanol–water partition coefficient (Wildman–Crippen LogP) is 5.97. The summed E-state index contributed by atoms with van der Waals surface area (Å²) < 4.78 is 0. The van der Waals surface area contributed by atoms with Gasteiger partial charge in [0.2, 0.25) is 10.4 Å². The van der Waals surface area contributed by atoms with E-state index in [-0.39, 0.29) is 22.9 Å². The van der Waals surface area contributed by atoms with Crippen LogP contribution >= 0.6 is 69.3 Å². The molecule has 12 heteroatoms. The number of thiazole rings is 1. The Morgan fingerprint density at radius 2 is 1.45 bits per heavy atom. The smallest absolute Gasteiger partial charge is 0.221 e. The third kappa shape index (κ3) is 25.8. The number of hydrogen-bond acceptors (Lipinski definition) is 5. The molecule has 0 aliphatic rings. The van der Waals surface area contributed by atoms with Crippen molar-refractivity contribution in [3.8, 4) is 0 Å². The van der Waals surface area contributed by atoms with Gasteiger partial charge < -0.3 is 11.5 Å². The molecular weight excluding hydrogens is 526 g/mol. The first-order valence-corrected chi connectivity index (χ1v) is 13.2. The summed E-state index contributed by atoms with van der Waals surface area (Å²) in [5.74, 6) is 2.25. The molecule has 4 N–H and O–H groups in total. The average molecular weight is 557 g/mol. The Morgan fingerprint density at radius 1 is 0.903 bits per heavy atom. The largest absolute Gasteiger partial charge is 0.370 e. The molecular formula is C19H31Cl5N4O2S. The summed E-state index contributed by atoms with van der Waals surface area (Å²) in [5.41, 5.74) is 11.5. The lowest BCUT2D eigenvalue weighted by molar-refractivity contribution is -0.116. The van der Waals surface area contributed by atoms with E-state index in [1.807, 2.05) is 5.38 Å². The van der Waals surface area contributed by atoms with Gasteiger partial charge in [-0.2, -0.15) is 4.99 Å². The Kier molecular flexibility index (Phi) is 25.8. The van der Waals surface area contributed by atoms with Gasteiger partial charge in [0.25, 0.3) is 0 Å². The molecule has 0 atom stereocenters. The van der Waals surface area contributed by atoms with Crippen LogP contribution in [0.3, 0.4) is 0 Å². The summed E-state index contributed by atoms with van der Waals surface area (Å²) in [7, 11) is 0. The van der Waals surface area contributed by atoms with Gasteiger partial charge >= 0.3 is 0 Å². The summed E-state index contributed by atoms with van der Waals surface area (Å²) in [4.78, 5) is 28.7. The zero-order valence-electron chi connectivity index (χ0n) is 17.4. The zero-order chi connectivity index (χ0) is 23.9. The number of aromatic nitrogens is 1. The molecule has 0 unspecified atom stereocenters. The molecule has 0 amide bonds. The Balaban J connectivity index is 0. The number of aliphatic imine (C=N–C) groups is 1. The van der Waals surface area contributed by atoms with Crippen LogP contribution in [0, 0.1) is 0 Å². The molecule has 0 saturated heterocycles. The second-order valence-electron chi connectivity index (χ2n) is 6.12. The first-order valence-electron chi connectivity index (χ1n) is 9.78. The van der Waals surface area contributed by atoms with Crippen LogP contribution in [0.2, 0.25) is 0 Å². The molecule has 0 spiro atoms. The Labute approximate surface area is 214 Å². The first-order chi connectivity index (χ1) is 14.8. The summed E-state index contributed by atoms with van der Waals surface area (Å²) in [6, 6.07) is 0. The molecule has 6 nitrogen and oxygen atoms in total. The standard InChI is InChI=1S/C8H13ClN4S.C6H10Cl2O.C5H8Cl2O/c9-4-2-1-3-6-5-14-8(12-6)13-7(10)11;7-4-2-1-3-6(9)5-8;6-4-2-1-3-5(7)8/h5H,1-4H2,(H4,10,11,12,13);1-5H2;1-4H2. The van der Waals surface area contributed by atoms with Crippen molar-refractivity contribution < 1.29 is 9.59 Å². The lowest BCUT2D eigenvalue weighted by Crippen LogP contribution is -2.21. The van der Waals surface area contributed by atoms with Crippen molar-refractivity contribution in [3.63, 3.8) is 0 Å². The minimum atomic E-state index is -0.268. The molecule has 0 aliphatic carbocycles. The van der Waals surface area contributed by atoms with Gasteiger partial charge in [0.05, 0.1) is 11.6 Å². The number of aryl methyl sites for hydroxylation is 1. The second kappa shape index (κ2) is 24.3. The van der Waals surface area contributed by atoms with E-state index < -0.39 is 0 Å². The lowest BCUT2D eigenvalue weighted by Gasteiger charge is -1.92. The maximum atomic E-state index is 10.5. The highest BCUT2D eigenvalue weighted by Crippen LogP contribution is 2.19. The quantitative estimate of drug-likeness (QED) is 0.0963. The van der Waals surface area contributed by atoms with Crippen molar-refractivity contribution in [2.75, 3.05) is 23.5 Å². The van der Waals surface area contributed by atoms with Crippen LogP contribution in [0.25, 0.3) is 0 Å². The summed E-state index contributed by atoms with van der Waals surface area (Å²) in [6.45, 7) is 0. The molecule has 0 saturated carbocycles. The number of unbranched alkanes of at least 4 members (excludes halogenated alkanes) is 3. The third-order valence-corrected chi connectivity index (χ3v) is 5.40. The van der Waals surface area contributed by atoms with Gasteiger partial charge in [0, 0.05) is 35.9 Å². The zero-order valence-corrected chi connectivity index (χ0v) is 22.0. The Bertz CT molecular complexity index is 614. The maximum Gasteiger partial charge on any atom is 0.221 e. The topological polar surface area (TPSA) is 111 Å². The van der Waals surface area contributed by atoms with E-state index >= 15 is 0 Å². The van der Waals surface area contributed by atoms with Crippen LogP contribution in [-0.4, -0.2) is 45.5 Å². The maximum absolute atomic E-state index is 10.5. The van der Waals surface area contributed by atoms with Crippen LogP contribution in [0.15, 0.2) is 10.4 Å². The van der Waals surface area contributed by atoms with Gasteiger partial charge in [-0.15, -0.1) is 57.7 Å². The highest BCUT2D eigenvalue weighted by Gasteiger charge is 2.00. The van der Waals surface area contributed by atoms with E-state index in [4.69, 9.17) is 69.5 Å². The lowest BCUT2D eigenvalue weighted by atomic mass is 10.2. The number of hydrogen-bond donors (Lipinski definition) is 2. The van der Waals surface area contributed by atoms with Crippen molar-refractivity contribution in [1.29, 1.82) is 0 Å². The number of rotatable bonds is 14. The molecule has 0 aromatic carbocycles. The SMILES string of the molecule is NC(N)=Nc1nc(CCCCCl)cs1.O=C(CCl)CCCCCl.O=C(Cl)CCCCCl. The van der Waals surface area contributed by atoms with Crippen LogP contribution in [0.5, 0.6) is 0 Å². The number of alkyl halides is 4. The molecule has 31 heavy (non-hydrogen) atoms. The molecule has 0 radical (unpaired) electrons. The van der Waals surface area contributed by atoms with E-state index in [9.17, 15) is 9.59 Å². The fraction of sp³-hybridized carbons (Fsp3) is 0.684. The number of carbonyl (C=O) groups is 2. The van der Waals surface area contributed by atoms with E-state index in [0.717, 1.165) is 50.6 Å². The fourth-order valence-electron chi connectivity index (χ4n) is 1.82. The summed E-state index contributed by atoms with van der Waals surface area (Å²) in [6.07, 6.45) is 7.49. The highest BCUT2D eigenvalue weighted by molar-refractivity contribution is 7.13. The van der Waals surface area contributed by atoms with Gasteiger partial charge in [-0.25, -0.2) is 4.98 Å². The van der Waals surface area contributed by atoms with Crippen LogP contribution < -0.4 is 11.5 Å². The number of nitrogens with zero attached hydrogens (tertiary/aromatic N) is 2. The van der Waals surface area contributed by atoms with Crippen LogP contribution in [0.4, 0.5) is 5.13 Å². The molecule has 0 aliphatic heterocycles. The number of halogens is 5. The fourth-order valence-corrected chi connectivity index (χ4v) is 3.39. The van der Waals surface area contributed by atoms with E-state index in [2.05, 4.69) is 9.98 Å². The summed E-state index contributed by atoms with van der Waals surface area (Å²) in [5, 5.41) is 2.32. The van der Waals surface area contributed by atoms with E-state index in [1.165, 1.54) is 11.3 Å². The third-order valence-electron chi connectivity index (χ3n) is 3.33. The van der Waals surface area contributed by atoms with Gasteiger partial charge in [0.1, 0.15) is 5.78 Å². The second-order valence-corrected chi connectivity index (χ2v) is 8.78. The first kappa shape index (κ1) is 32.9. The molecule has 1 rings (SSSR count). The summed E-state index contributed by atoms with van der Waals surface area (Å²) >= 11 is 28.0. The molecule has 1 aromatic rings.